The van der Waals surface area contributed by atoms with Crippen LogP contribution in [0, 0.1) is 17.8 Å². The minimum atomic E-state index is -0.239. The van der Waals surface area contributed by atoms with Crippen molar-refractivity contribution in [1.82, 2.24) is 14.9 Å². The minimum Gasteiger partial charge on any atom is -0.352 e. The third-order valence-electron chi connectivity index (χ3n) is 5.88. The maximum Gasteiger partial charge on any atom is 0.269 e. The summed E-state index contributed by atoms with van der Waals surface area (Å²) >= 11 is 0. The van der Waals surface area contributed by atoms with Crippen molar-refractivity contribution < 1.29 is 4.79 Å². The van der Waals surface area contributed by atoms with Crippen molar-refractivity contribution in [2.45, 2.75) is 45.2 Å². The number of aromatic nitrogens is 2. The summed E-state index contributed by atoms with van der Waals surface area (Å²) in [6, 6.07) is 7.59. The maximum absolute atomic E-state index is 12.5. The Hall–Kier alpha value is -2.17. The van der Waals surface area contributed by atoms with Crippen LogP contribution in [0.15, 0.2) is 35.3 Å². The van der Waals surface area contributed by atoms with Crippen molar-refractivity contribution in [3.63, 3.8) is 0 Å². The predicted octanol–water partition coefficient (Wildman–Crippen LogP) is 2.34. The molecule has 1 aromatic carbocycles. The van der Waals surface area contributed by atoms with Crippen molar-refractivity contribution in [2.24, 2.45) is 17.8 Å². The van der Waals surface area contributed by atoms with Gasteiger partial charge in [0.15, 0.2) is 0 Å². The summed E-state index contributed by atoms with van der Waals surface area (Å²) in [7, 11) is 0. The van der Waals surface area contributed by atoms with E-state index in [2.05, 4.69) is 17.2 Å². The number of benzene rings is 1. The fourth-order valence-corrected chi connectivity index (χ4v) is 4.73. The van der Waals surface area contributed by atoms with Crippen molar-refractivity contribution in [3.05, 3.63) is 40.8 Å². The Morgan fingerprint density at radius 2 is 2.17 bits per heavy atom. The molecule has 1 aromatic heterocycles. The van der Waals surface area contributed by atoms with Crippen LogP contribution in [0.1, 0.15) is 32.6 Å². The fourth-order valence-electron chi connectivity index (χ4n) is 4.73. The van der Waals surface area contributed by atoms with Gasteiger partial charge in [-0.3, -0.25) is 14.2 Å². The molecule has 5 heteroatoms. The molecule has 2 fully saturated rings. The molecule has 1 N–H and O–H groups in total. The number of amides is 1. The van der Waals surface area contributed by atoms with E-state index >= 15 is 0 Å². The van der Waals surface area contributed by atoms with Crippen molar-refractivity contribution >= 4 is 16.9 Å². The summed E-state index contributed by atoms with van der Waals surface area (Å²) in [5.74, 6) is 2.14. The average molecular weight is 325 g/mol. The van der Waals surface area contributed by atoms with Gasteiger partial charge in [0, 0.05) is 6.04 Å². The van der Waals surface area contributed by atoms with Gasteiger partial charge in [0.2, 0.25) is 5.91 Å². The lowest BCUT2D eigenvalue weighted by atomic mass is 9.84. The molecule has 0 saturated heterocycles. The van der Waals surface area contributed by atoms with Gasteiger partial charge in [0.05, 0.1) is 17.2 Å². The number of nitrogens with zero attached hydrogens (tertiary/aromatic N) is 2. The number of hydrogen-bond acceptors (Lipinski definition) is 3. The zero-order chi connectivity index (χ0) is 16.7. The SMILES string of the molecule is C[C@H](NC(=O)Cn1c(=O)cnc2ccccc21)[C@H]1C[C@H]2CC[C@H]1C2. The second-order valence-electron chi connectivity index (χ2n) is 7.37. The number of fused-ring (bicyclic) bond motifs is 3. The molecule has 2 aliphatic carbocycles. The summed E-state index contributed by atoms with van der Waals surface area (Å²) in [5, 5.41) is 3.13. The molecule has 1 amide bonds. The lowest BCUT2D eigenvalue weighted by Gasteiger charge is -2.28. The van der Waals surface area contributed by atoms with Crippen LogP contribution in [0.2, 0.25) is 0 Å². The molecule has 24 heavy (non-hydrogen) atoms. The van der Waals surface area contributed by atoms with Crippen LogP contribution in [0.3, 0.4) is 0 Å². The maximum atomic E-state index is 12.5. The van der Waals surface area contributed by atoms with E-state index < -0.39 is 0 Å². The van der Waals surface area contributed by atoms with Gasteiger partial charge in [-0.05, 0) is 56.1 Å². The summed E-state index contributed by atoms with van der Waals surface area (Å²) in [6.07, 6.45) is 6.53. The topological polar surface area (TPSA) is 64.0 Å². The average Bonchev–Trinajstić information content (AvgIpc) is 3.20. The van der Waals surface area contributed by atoms with Crippen LogP contribution in [-0.2, 0) is 11.3 Å². The largest absolute Gasteiger partial charge is 0.352 e. The van der Waals surface area contributed by atoms with Crippen LogP contribution in [0.4, 0.5) is 0 Å². The standard InChI is InChI=1S/C19H23N3O2/c1-12(15-9-13-6-7-14(15)8-13)21-18(23)11-22-17-5-3-2-4-16(17)20-10-19(22)24/h2-5,10,12-15H,6-9,11H2,1H3,(H,21,23)/t12-,13-,14-,15+/m0/s1. The third kappa shape index (κ3) is 2.72. The molecule has 5 nitrogen and oxygen atoms in total. The fraction of sp³-hybridized carbons (Fsp3) is 0.526. The van der Waals surface area contributed by atoms with Gasteiger partial charge >= 0.3 is 0 Å². The molecule has 1 heterocycles. The Bertz CT molecular complexity index is 829. The first kappa shape index (κ1) is 15.4. The van der Waals surface area contributed by atoms with Gasteiger partial charge in [-0.2, -0.15) is 0 Å². The number of nitrogens with one attached hydrogen (secondary N) is 1. The number of rotatable bonds is 4. The normalized spacial score (nSPS) is 26.6. The monoisotopic (exact) mass is 325 g/mol. The highest BCUT2D eigenvalue weighted by atomic mass is 16.2. The van der Waals surface area contributed by atoms with Crippen LogP contribution in [0.25, 0.3) is 11.0 Å². The Balaban J connectivity index is 1.48. The summed E-state index contributed by atoms with van der Waals surface area (Å²) in [5.41, 5.74) is 1.19. The predicted molar refractivity (Wildman–Crippen MR) is 92.5 cm³/mol. The van der Waals surface area contributed by atoms with Gasteiger partial charge < -0.3 is 5.32 Å². The number of carbonyl (C=O) groups excluding carboxylic acids is 1. The molecule has 0 radical (unpaired) electrons. The molecular formula is C19H23N3O2. The Morgan fingerprint density at radius 1 is 1.33 bits per heavy atom. The second-order valence-corrected chi connectivity index (χ2v) is 7.37. The molecule has 2 aliphatic rings. The molecule has 0 aliphatic heterocycles. The molecule has 0 unspecified atom stereocenters. The minimum absolute atomic E-state index is 0.0486. The van der Waals surface area contributed by atoms with Crippen LogP contribution in [-0.4, -0.2) is 21.5 Å². The Labute approximate surface area is 141 Å². The van der Waals surface area contributed by atoms with Gasteiger partial charge in [-0.15, -0.1) is 0 Å². The molecule has 2 bridgehead atoms. The van der Waals surface area contributed by atoms with E-state index in [1.165, 1.54) is 36.4 Å². The Morgan fingerprint density at radius 3 is 2.92 bits per heavy atom. The van der Waals surface area contributed by atoms with Crippen LogP contribution >= 0.6 is 0 Å². The van der Waals surface area contributed by atoms with Gasteiger partial charge in [-0.1, -0.05) is 18.6 Å². The molecule has 2 aromatic rings. The zero-order valence-electron chi connectivity index (χ0n) is 13.9. The smallest absolute Gasteiger partial charge is 0.269 e. The summed E-state index contributed by atoms with van der Waals surface area (Å²) in [4.78, 5) is 28.8. The molecule has 126 valence electrons. The number of carbonyl (C=O) groups is 1. The highest BCUT2D eigenvalue weighted by Gasteiger charge is 2.42. The van der Waals surface area contributed by atoms with Crippen molar-refractivity contribution in [1.29, 1.82) is 0 Å². The van der Waals surface area contributed by atoms with E-state index in [9.17, 15) is 9.59 Å². The number of para-hydroxylation sites is 2. The van der Waals surface area contributed by atoms with E-state index in [-0.39, 0.29) is 24.1 Å². The lowest BCUT2D eigenvalue weighted by Crippen LogP contribution is -2.42. The van der Waals surface area contributed by atoms with Crippen LogP contribution in [0.5, 0.6) is 0 Å². The molecule has 2 saturated carbocycles. The van der Waals surface area contributed by atoms with Crippen molar-refractivity contribution in [2.75, 3.05) is 0 Å². The van der Waals surface area contributed by atoms with E-state index in [1.54, 1.807) is 0 Å². The highest BCUT2D eigenvalue weighted by molar-refractivity contribution is 5.80. The van der Waals surface area contributed by atoms with E-state index in [1.807, 2.05) is 24.3 Å². The third-order valence-corrected chi connectivity index (χ3v) is 5.88. The zero-order valence-corrected chi connectivity index (χ0v) is 13.9. The van der Waals surface area contributed by atoms with E-state index in [0.29, 0.717) is 11.4 Å². The Kier molecular flexibility index (Phi) is 3.87. The summed E-state index contributed by atoms with van der Waals surface area (Å²) < 4.78 is 1.51. The van der Waals surface area contributed by atoms with E-state index in [0.717, 1.165) is 17.4 Å². The second kappa shape index (κ2) is 6.04. The van der Waals surface area contributed by atoms with Crippen LogP contribution < -0.4 is 10.9 Å². The van der Waals surface area contributed by atoms with Gasteiger partial charge in [0.25, 0.3) is 5.56 Å². The first-order valence-electron chi connectivity index (χ1n) is 8.86. The van der Waals surface area contributed by atoms with Crippen molar-refractivity contribution in [3.8, 4) is 0 Å². The highest BCUT2D eigenvalue weighted by Crippen LogP contribution is 2.49. The van der Waals surface area contributed by atoms with Gasteiger partial charge in [0.1, 0.15) is 6.54 Å². The molecular weight excluding hydrogens is 302 g/mol. The van der Waals surface area contributed by atoms with Gasteiger partial charge in [-0.25, -0.2) is 4.98 Å². The lowest BCUT2D eigenvalue weighted by molar-refractivity contribution is -0.122. The first-order valence-corrected chi connectivity index (χ1v) is 8.86. The number of hydrogen-bond donors (Lipinski definition) is 1. The molecule has 4 rings (SSSR count). The van der Waals surface area contributed by atoms with E-state index in [4.69, 9.17) is 0 Å². The quantitative estimate of drug-likeness (QED) is 0.938. The molecule has 0 spiro atoms. The first-order chi connectivity index (χ1) is 11.6. The molecule has 4 atom stereocenters. The summed E-state index contributed by atoms with van der Waals surface area (Å²) in [6.45, 7) is 2.16.